The molecule has 0 aliphatic rings. The summed E-state index contributed by atoms with van der Waals surface area (Å²) in [6.07, 6.45) is 2.72. The van der Waals surface area contributed by atoms with E-state index in [1.807, 2.05) is 6.07 Å². The minimum absolute atomic E-state index is 0.0351. The lowest BCUT2D eigenvalue weighted by molar-refractivity contribution is -0.386. The van der Waals surface area contributed by atoms with Gasteiger partial charge in [-0.25, -0.2) is 0 Å². The van der Waals surface area contributed by atoms with E-state index in [0.29, 0.717) is 5.75 Å². The van der Waals surface area contributed by atoms with Crippen molar-refractivity contribution in [3.63, 3.8) is 0 Å². The number of para-hydroxylation sites is 1. The largest absolute Gasteiger partial charge is 0.484 e. The Bertz CT molecular complexity index is 379. The minimum Gasteiger partial charge on any atom is -0.484 e. The van der Waals surface area contributed by atoms with Gasteiger partial charge in [-0.05, 0) is 12.8 Å². The van der Waals surface area contributed by atoms with E-state index < -0.39 is 4.92 Å². The molecular weight excluding hydrogens is 222 g/mol. The molecule has 0 unspecified atom stereocenters. The molecule has 94 valence electrons. The van der Waals surface area contributed by atoms with Crippen LogP contribution in [0.2, 0.25) is 0 Å². The molecule has 5 heteroatoms. The highest BCUT2D eigenvalue weighted by Gasteiger charge is 2.18. The summed E-state index contributed by atoms with van der Waals surface area (Å²) in [6, 6.07) is 4.91. The Balaban J connectivity index is 3.00. The van der Waals surface area contributed by atoms with Gasteiger partial charge in [-0.2, -0.15) is 0 Å². The van der Waals surface area contributed by atoms with Gasteiger partial charge < -0.3 is 9.84 Å². The molecule has 0 aliphatic carbocycles. The average Bonchev–Trinajstić information content (AvgIpc) is 2.33. The first-order chi connectivity index (χ1) is 8.20. The van der Waals surface area contributed by atoms with Crippen LogP contribution in [0.3, 0.4) is 0 Å². The Morgan fingerprint density at radius 2 is 2.24 bits per heavy atom. The molecule has 17 heavy (non-hydrogen) atoms. The van der Waals surface area contributed by atoms with Crippen LogP contribution in [-0.4, -0.2) is 23.2 Å². The van der Waals surface area contributed by atoms with Crippen molar-refractivity contribution in [2.75, 3.05) is 13.2 Å². The van der Waals surface area contributed by atoms with Crippen LogP contribution in [0.5, 0.6) is 5.75 Å². The molecular formula is C12H17NO4. The summed E-state index contributed by atoms with van der Waals surface area (Å²) >= 11 is 0. The molecule has 1 aromatic rings. The van der Waals surface area contributed by atoms with E-state index in [-0.39, 0.29) is 18.9 Å². The van der Waals surface area contributed by atoms with Crippen LogP contribution in [0.1, 0.15) is 25.3 Å². The number of nitrogens with zero attached hydrogens (tertiary/aromatic N) is 1. The molecule has 5 nitrogen and oxygen atoms in total. The summed E-state index contributed by atoms with van der Waals surface area (Å²) in [7, 11) is 0. The summed E-state index contributed by atoms with van der Waals surface area (Å²) < 4.78 is 5.28. The quantitative estimate of drug-likeness (QED) is 0.585. The second-order valence-electron chi connectivity index (χ2n) is 3.70. The lowest BCUT2D eigenvalue weighted by Gasteiger charge is -2.10. The fraction of sp³-hybridized carbons (Fsp3) is 0.500. The van der Waals surface area contributed by atoms with Crippen LogP contribution in [0.15, 0.2) is 18.2 Å². The molecule has 0 radical (unpaired) electrons. The van der Waals surface area contributed by atoms with Gasteiger partial charge in [0.1, 0.15) is 6.61 Å². The third kappa shape index (κ3) is 3.71. The van der Waals surface area contributed by atoms with Gasteiger partial charge in [0.15, 0.2) is 5.75 Å². The van der Waals surface area contributed by atoms with E-state index in [1.54, 1.807) is 6.07 Å². The highest BCUT2D eigenvalue weighted by molar-refractivity contribution is 5.51. The number of aliphatic hydroxyl groups is 1. The molecule has 1 rings (SSSR count). The number of aliphatic hydroxyl groups excluding tert-OH is 1. The molecule has 0 heterocycles. The summed E-state index contributed by atoms with van der Waals surface area (Å²) in [5, 5.41) is 19.6. The standard InChI is InChI=1S/C12H17NO4/c1-2-3-5-10-6-4-7-11(13(15)16)12(10)17-9-8-14/h4,6-7,14H,2-3,5,8-9H2,1H3. The lowest BCUT2D eigenvalue weighted by atomic mass is 10.1. The Labute approximate surface area is 100 Å². The molecule has 0 spiro atoms. The predicted molar refractivity (Wildman–Crippen MR) is 64.3 cm³/mol. The second-order valence-corrected chi connectivity index (χ2v) is 3.70. The average molecular weight is 239 g/mol. The first kappa shape index (κ1) is 13.4. The van der Waals surface area contributed by atoms with E-state index in [1.165, 1.54) is 6.07 Å². The molecule has 1 N–H and O–H groups in total. The Kier molecular flexibility index (Phi) is 5.42. The highest BCUT2D eigenvalue weighted by Crippen LogP contribution is 2.31. The first-order valence-corrected chi connectivity index (χ1v) is 5.70. The van der Waals surface area contributed by atoms with Crippen molar-refractivity contribution < 1.29 is 14.8 Å². The van der Waals surface area contributed by atoms with Crippen molar-refractivity contribution in [1.82, 2.24) is 0 Å². The third-order valence-electron chi connectivity index (χ3n) is 2.41. The Morgan fingerprint density at radius 1 is 1.47 bits per heavy atom. The zero-order valence-electron chi connectivity index (χ0n) is 9.89. The van der Waals surface area contributed by atoms with Crippen LogP contribution in [0.25, 0.3) is 0 Å². The second kappa shape index (κ2) is 6.85. The Morgan fingerprint density at radius 3 is 2.82 bits per heavy atom. The van der Waals surface area contributed by atoms with E-state index >= 15 is 0 Å². The van der Waals surface area contributed by atoms with Crippen molar-refractivity contribution in [3.8, 4) is 5.75 Å². The molecule has 0 aliphatic heterocycles. The van der Waals surface area contributed by atoms with Crippen LogP contribution >= 0.6 is 0 Å². The fourth-order valence-corrected chi connectivity index (χ4v) is 1.59. The van der Waals surface area contributed by atoms with Gasteiger partial charge >= 0.3 is 5.69 Å². The number of nitro groups is 1. The lowest BCUT2D eigenvalue weighted by Crippen LogP contribution is -2.06. The maximum atomic E-state index is 10.9. The molecule has 0 aromatic heterocycles. The van der Waals surface area contributed by atoms with Gasteiger partial charge in [-0.15, -0.1) is 0 Å². The van der Waals surface area contributed by atoms with Crippen molar-refractivity contribution in [2.45, 2.75) is 26.2 Å². The number of rotatable bonds is 7. The van der Waals surface area contributed by atoms with Gasteiger partial charge in [0.25, 0.3) is 0 Å². The van der Waals surface area contributed by atoms with E-state index in [9.17, 15) is 10.1 Å². The summed E-state index contributed by atoms with van der Waals surface area (Å²) in [5.74, 6) is 0.292. The van der Waals surface area contributed by atoms with Crippen LogP contribution in [0.4, 0.5) is 5.69 Å². The van der Waals surface area contributed by atoms with Gasteiger partial charge in [-0.3, -0.25) is 10.1 Å². The number of ether oxygens (including phenoxy) is 1. The SMILES string of the molecule is CCCCc1cccc([N+](=O)[O-])c1OCCO. The monoisotopic (exact) mass is 239 g/mol. The maximum absolute atomic E-state index is 10.9. The number of nitro benzene ring substituents is 1. The smallest absolute Gasteiger partial charge is 0.311 e. The van der Waals surface area contributed by atoms with Gasteiger partial charge in [0.05, 0.1) is 11.5 Å². The summed E-state index contributed by atoms with van der Waals surface area (Å²) in [4.78, 5) is 10.4. The van der Waals surface area contributed by atoms with E-state index in [2.05, 4.69) is 6.92 Å². The molecule has 0 saturated heterocycles. The molecule has 0 atom stereocenters. The highest BCUT2D eigenvalue weighted by atomic mass is 16.6. The predicted octanol–water partition coefficient (Wildman–Crippen LogP) is 2.31. The van der Waals surface area contributed by atoms with Crippen LogP contribution < -0.4 is 4.74 Å². The van der Waals surface area contributed by atoms with Gasteiger partial charge in [-0.1, -0.05) is 25.5 Å². The van der Waals surface area contributed by atoms with Crippen molar-refractivity contribution in [3.05, 3.63) is 33.9 Å². The topological polar surface area (TPSA) is 72.6 Å². The number of benzene rings is 1. The maximum Gasteiger partial charge on any atom is 0.311 e. The van der Waals surface area contributed by atoms with E-state index in [4.69, 9.17) is 9.84 Å². The number of unbranched alkanes of at least 4 members (excludes halogenated alkanes) is 1. The molecule has 0 amide bonds. The molecule has 1 aromatic carbocycles. The van der Waals surface area contributed by atoms with Crippen LogP contribution in [0, 0.1) is 10.1 Å². The summed E-state index contributed by atoms with van der Waals surface area (Å²) in [6.45, 7) is 1.98. The minimum atomic E-state index is -0.456. The summed E-state index contributed by atoms with van der Waals surface area (Å²) in [5.41, 5.74) is 0.793. The van der Waals surface area contributed by atoms with Crippen molar-refractivity contribution in [2.24, 2.45) is 0 Å². The van der Waals surface area contributed by atoms with E-state index in [0.717, 1.165) is 24.8 Å². The van der Waals surface area contributed by atoms with Gasteiger partial charge in [0, 0.05) is 11.6 Å². The van der Waals surface area contributed by atoms with Crippen molar-refractivity contribution in [1.29, 1.82) is 0 Å². The van der Waals surface area contributed by atoms with Gasteiger partial charge in [0.2, 0.25) is 0 Å². The number of hydrogen-bond donors (Lipinski definition) is 1. The number of aryl methyl sites for hydroxylation is 1. The zero-order chi connectivity index (χ0) is 12.7. The third-order valence-corrected chi connectivity index (χ3v) is 2.41. The first-order valence-electron chi connectivity index (χ1n) is 5.70. The molecule has 0 bridgehead atoms. The molecule has 0 fully saturated rings. The van der Waals surface area contributed by atoms with Crippen LogP contribution in [-0.2, 0) is 6.42 Å². The fourth-order valence-electron chi connectivity index (χ4n) is 1.59. The Hall–Kier alpha value is -1.62. The normalized spacial score (nSPS) is 10.2. The zero-order valence-corrected chi connectivity index (χ0v) is 9.89. The molecule has 0 saturated carbocycles. The van der Waals surface area contributed by atoms with Crippen molar-refractivity contribution >= 4 is 5.69 Å². The number of hydrogen-bond acceptors (Lipinski definition) is 4.